The largest absolute Gasteiger partial charge is 0.486 e. The number of benzene rings is 2. The van der Waals surface area contributed by atoms with E-state index in [9.17, 15) is 4.79 Å². The van der Waals surface area contributed by atoms with Gasteiger partial charge in [-0.05, 0) is 45.0 Å². The Morgan fingerprint density at radius 1 is 1.07 bits per heavy atom. The number of para-hydroxylation sites is 2. The number of hydrogen-bond donors (Lipinski definition) is 0. The molecule has 0 aliphatic carbocycles. The van der Waals surface area contributed by atoms with Gasteiger partial charge in [0.15, 0.2) is 11.0 Å². The molecule has 7 heteroatoms. The van der Waals surface area contributed by atoms with Gasteiger partial charge in [0.2, 0.25) is 5.91 Å². The second-order valence-electron chi connectivity index (χ2n) is 6.73. The fourth-order valence-corrected chi connectivity index (χ4v) is 3.91. The van der Waals surface area contributed by atoms with Crippen molar-refractivity contribution in [3.8, 4) is 5.75 Å². The lowest BCUT2D eigenvalue weighted by molar-refractivity contribution is -0.116. The molecule has 0 aliphatic rings. The van der Waals surface area contributed by atoms with E-state index in [4.69, 9.17) is 4.74 Å². The minimum atomic E-state index is 0.0453. The molecule has 1 aromatic heterocycles. The Bertz CT molecular complexity index is 913. The van der Waals surface area contributed by atoms with Crippen molar-refractivity contribution in [3.05, 3.63) is 66.5 Å². The fraction of sp³-hybridized carbons (Fsp3) is 0.318. The maximum Gasteiger partial charge on any atom is 0.237 e. The number of nitrogens with zero attached hydrogens (tertiary/aromatic N) is 4. The molecule has 0 bridgehead atoms. The summed E-state index contributed by atoms with van der Waals surface area (Å²) >= 11 is 1.41. The van der Waals surface area contributed by atoms with Gasteiger partial charge in [0, 0.05) is 18.3 Å². The van der Waals surface area contributed by atoms with E-state index in [1.54, 1.807) is 0 Å². The summed E-state index contributed by atoms with van der Waals surface area (Å²) in [6.45, 7) is 7.11. The van der Waals surface area contributed by atoms with Crippen LogP contribution in [0.3, 0.4) is 0 Å². The van der Waals surface area contributed by atoms with Crippen molar-refractivity contribution in [2.75, 3.05) is 10.7 Å². The van der Waals surface area contributed by atoms with Crippen molar-refractivity contribution in [1.82, 2.24) is 14.8 Å². The number of carbonyl (C=O) groups excluding carboxylic acids is 1. The second kappa shape index (κ2) is 10.1. The van der Waals surface area contributed by atoms with Gasteiger partial charge in [0.05, 0.1) is 5.75 Å². The molecule has 6 nitrogen and oxygen atoms in total. The molecule has 3 aromatic rings. The smallest absolute Gasteiger partial charge is 0.237 e. The van der Waals surface area contributed by atoms with Gasteiger partial charge in [-0.2, -0.15) is 0 Å². The molecule has 1 heterocycles. The van der Waals surface area contributed by atoms with Crippen LogP contribution in [0.4, 0.5) is 5.69 Å². The van der Waals surface area contributed by atoms with Gasteiger partial charge in [-0.25, -0.2) is 0 Å². The Labute approximate surface area is 175 Å². The summed E-state index contributed by atoms with van der Waals surface area (Å²) in [5, 5.41) is 9.26. The number of carbonyl (C=O) groups is 1. The predicted molar refractivity (Wildman–Crippen MR) is 116 cm³/mol. The van der Waals surface area contributed by atoms with Crippen LogP contribution in [-0.4, -0.2) is 32.5 Å². The average Bonchev–Trinajstić information content (AvgIpc) is 3.14. The van der Waals surface area contributed by atoms with Gasteiger partial charge in [-0.1, -0.05) is 48.2 Å². The number of amides is 1. The summed E-state index contributed by atoms with van der Waals surface area (Å²) in [5.74, 6) is 1.88. The van der Waals surface area contributed by atoms with E-state index in [0.717, 1.165) is 22.4 Å². The van der Waals surface area contributed by atoms with Crippen LogP contribution in [0.5, 0.6) is 5.75 Å². The van der Waals surface area contributed by atoms with Crippen molar-refractivity contribution in [3.63, 3.8) is 0 Å². The van der Waals surface area contributed by atoms with Crippen LogP contribution in [0, 0.1) is 0 Å². The molecule has 3 rings (SSSR count). The number of ether oxygens (including phenoxy) is 1. The highest BCUT2D eigenvalue weighted by Crippen LogP contribution is 2.22. The van der Waals surface area contributed by atoms with Crippen LogP contribution in [0.15, 0.2) is 65.8 Å². The molecular formula is C22H26N4O2S. The van der Waals surface area contributed by atoms with E-state index in [-0.39, 0.29) is 11.9 Å². The number of thioether (sulfide) groups is 1. The maximum absolute atomic E-state index is 12.9. The third-order valence-corrected chi connectivity index (χ3v) is 5.32. The Kier molecular flexibility index (Phi) is 7.30. The van der Waals surface area contributed by atoms with Gasteiger partial charge in [-0.3, -0.25) is 4.79 Å². The number of rotatable bonds is 9. The Hall–Kier alpha value is -2.80. The van der Waals surface area contributed by atoms with Gasteiger partial charge < -0.3 is 14.2 Å². The first-order valence-electron chi connectivity index (χ1n) is 9.70. The number of hydrogen-bond acceptors (Lipinski definition) is 5. The zero-order valence-electron chi connectivity index (χ0n) is 17.0. The van der Waals surface area contributed by atoms with Crippen LogP contribution >= 0.6 is 11.8 Å². The van der Waals surface area contributed by atoms with Gasteiger partial charge in [0.25, 0.3) is 0 Å². The first-order valence-corrected chi connectivity index (χ1v) is 10.7. The highest BCUT2D eigenvalue weighted by Gasteiger charge is 2.21. The van der Waals surface area contributed by atoms with Crippen LogP contribution in [0.2, 0.25) is 0 Å². The lowest BCUT2D eigenvalue weighted by Crippen LogP contribution is -2.38. The van der Waals surface area contributed by atoms with E-state index in [1.807, 2.05) is 90.9 Å². The van der Waals surface area contributed by atoms with E-state index in [1.165, 1.54) is 11.8 Å². The molecule has 2 aromatic carbocycles. The third-order valence-electron chi connectivity index (χ3n) is 4.37. The van der Waals surface area contributed by atoms with Gasteiger partial charge in [-0.15, -0.1) is 10.2 Å². The maximum atomic E-state index is 12.9. The second-order valence-corrected chi connectivity index (χ2v) is 7.67. The van der Waals surface area contributed by atoms with Gasteiger partial charge in [0.1, 0.15) is 12.4 Å². The van der Waals surface area contributed by atoms with Crippen LogP contribution < -0.4 is 9.64 Å². The molecule has 0 spiro atoms. The molecular weight excluding hydrogens is 384 g/mol. The molecule has 1 amide bonds. The minimum absolute atomic E-state index is 0.0453. The first kappa shape index (κ1) is 20.9. The summed E-state index contributed by atoms with van der Waals surface area (Å²) < 4.78 is 7.78. The van der Waals surface area contributed by atoms with E-state index >= 15 is 0 Å². The zero-order chi connectivity index (χ0) is 20.6. The molecule has 29 heavy (non-hydrogen) atoms. The normalized spacial score (nSPS) is 10.9. The quantitative estimate of drug-likeness (QED) is 0.489. The highest BCUT2D eigenvalue weighted by molar-refractivity contribution is 7.99. The van der Waals surface area contributed by atoms with Crippen molar-refractivity contribution < 1.29 is 9.53 Å². The number of anilines is 1. The molecule has 0 unspecified atom stereocenters. The van der Waals surface area contributed by atoms with E-state index in [2.05, 4.69) is 10.2 Å². The molecule has 0 aliphatic heterocycles. The lowest BCUT2D eigenvalue weighted by atomic mass is 10.2. The highest BCUT2D eigenvalue weighted by atomic mass is 32.2. The number of aromatic nitrogens is 3. The molecule has 0 saturated carbocycles. The molecule has 0 fully saturated rings. The van der Waals surface area contributed by atoms with E-state index < -0.39 is 0 Å². The molecule has 152 valence electrons. The Morgan fingerprint density at radius 3 is 2.34 bits per heavy atom. The molecule has 0 N–H and O–H groups in total. The summed E-state index contributed by atoms with van der Waals surface area (Å²) in [5.41, 5.74) is 0.905. The van der Waals surface area contributed by atoms with E-state index in [0.29, 0.717) is 18.9 Å². The van der Waals surface area contributed by atoms with Crippen molar-refractivity contribution >= 4 is 23.4 Å². The van der Waals surface area contributed by atoms with Crippen LogP contribution in [0.25, 0.3) is 0 Å². The average molecular weight is 411 g/mol. The summed E-state index contributed by atoms with van der Waals surface area (Å²) in [6, 6.07) is 19.4. The van der Waals surface area contributed by atoms with Crippen LogP contribution in [-0.2, 0) is 17.9 Å². The summed E-state index contributed by atoms with van der Waals surface area (Å²) in [4.78, 5) is 14.7. The first-order chi connectivity index (χ1) is 14.1. The Morgan fingerprint density at radius 2 is 1.72 bits per heavy atom. The van der Waals surface area contributed by atoms with Crippen molar-refractivity contribution in [2.24, 2.45) is 0 Å². The summed E-state index contributed by atoms with van der Waals surface area (Å²) in [7, 11) is 0. The molecule has 0 radical (unpaired) electrons. The van der Waals surface area contributed by atoms with Gasteiger partial charge >= 0.3 is 0 Å². The minimum Gasteiger partial charge on any atom is -0.486 e. The fourth-order valence-electron chi connectivity index (χ4n) is 3.03. The monoisotopic (exact) mass is 410 g/mol. The lowest BCUT2D eigenvalue weighted by Gasteiger charge is -2.26. The molecule has 0 atom stereocenters. The van der Waals surface area contributed by atoms with Crippen molar-refractivity contribution in [1.29, 1.82) is 0 Å². The standard InChI is InChI=1S/C22H26N4O2S/c1-4-25-20(15-28-19-13-9-6-10-14-19)23-24-22(25)29-16-21(27)26(17(2)3)18-11-7-5-8-12-18/h5-14,17H,4,15-16H2,1-3H3. The predicted octanol–water partition coefficient (Wildman–Crippen LogP) is 4.41. The topological polar surface area (TPSA) is 60.2 Å². The Balaban J connectivity index is 1.65. The summed E-state index contributed by atoms with van der Waals surface area (Å²) in [6.07, 6.45) is 0. The van der Waals surface area contributed by atoms with Crippen LogP contribution in [0.1, 0.15) is 26.6 Å². The zero-order valence-corrected chi connectivity index (χ0v) is 17.8. The van der Waals surface area contributed by atoms with Crippen molar-refractivity contribution in [2.45, 2.75) is 45.1 Å². The third kappa shape index (κ3) is 5.38. The SMILES string of the molecule is CCn1c(COc2ccccc2)nnc1SCC(=O)N(c1ccccc1)C(C)C. The molecule has 0 saturated heterocycles.